The number of rotatable bonds is 2. The Morgan fingerprint density at radius 1 is 1.31 bits per heavy atom. The summed E-state index contributed by atoms with van der Waals surface area (Å²) in [6, 6.07) is 7.97. The highest BCUT2D eigenvalue weighted by Crippen LogP contribution is 2.12. The Balaban J connectivity index is 2.22. The SMILES string of the molecule is COc1ccc(C2=NCNC2)cc1. The highest BCUT2D eigenvalue weighted by molar-refractivity contribution is 6.03. The Kier molecular flexibility index (Phi) is 2.27. The van der Waals surface area contributed by atoms with Crippen molar-refractivity contribution in [3.05, 3.63) is 29.8 Å². The highest BCUT2D eigenvalue weighted by atomic mass is 16.5. The summed E-state index contributed by atoms with van der Waals surface area (Å²) >= 11 is 0. The molecule has 0 atom stereocenters. The molecule has 1 aromatic rings. The first kappa shape index (κ1) is 8.26. The third-order valence-corrected chi connectivity index (χ3v) is 2.10. The van der Waals surface area contributed by atoms with Gasteiger partial charge < -0.3 is 4.74 Å². The number of hydrogen-bond acceptors (Lipinski definition) is 3. The van der Waals surface area contributed by atoms with Crippen LogP contribution in [-0.2, 0) is 0 Å². The predicted molar refractivity (Wildman–Crippen MR) is 52.4 cm³/mol. The van der Waals surface area contributed by atoms with Gasteiger partial charge in [-0.3, -0.25) is 10.3 Å². The molecular formula is C10H12N2O. The normalized spacial score (nSPS) is 15.6. The number of aliphatic imine (C=N–C) groups is 1. The molecule has 0 radical (unpaired) electrons. The highest BCUT2D eigenvalue weighted by Gasteiger charge is 2.07. The maximum absolute atomic E-state index is 5.08. The van der Waals surface area contributed by atoms with Gasteiger partial charge in [0.2, 0.25) is 0 Å². The second-order valence-electron chi connectivity index (χ2n) is 2.92. The maximum atomic E-state index is 5.08. The van der Waals surface area contributed by atoms with Crippen LogP contribution >= 0.6 is 0 Å². The Morgan fingerprint density at radius 3 is 2.62 bits per heavy atom. The zero-order valence-corrected chi connectivity index (χ0v) is 7.58. The van der Waals surface area contributed by atoms with Crippen molar-refractivity contribution in [2.24, 2.45) is 4.99 Å². The molecule has 1 aliphatic heterocycles. The Bertz CT molecular complexity index is 316. The zero-order chi connectivity index (χ0) is 9.10. The van der Waals surface area contributed by atoms with E-state index in [0.717, 1.165) is 24.7 Å². The first-order valence-electron chi connectivity index (χ1n) is 4.28. The second-order valence-corrected chi connectivity index (χ2v) is 2.92. The lowest BCUT2D eigenvalue weighted by atomic mass is 10.1. The predicted octanol–water partition coefficient (Wildman–Crippen LogP) is 1.04. The number of methoxy groups -OCH3 is 1. The molecule has 0 fully saturated rings. The lowest BCUT2D eigenvalue weighted by molar-refractivity contribution is 0.415. The van der Waals surface area contributed by atoms with Crippen molar-refractivity contribution in [2.75, 3.05) is 20.3 Å². The molecule has 1 N–H and O–H groups in total. The van der Waals surface area contributed by atoms with Crippen molar-refractivity contribution < 1.29 is 4.74 Å². The first-order chi connectivity index (χ1) is 6.40. The van der Waals surface area contributed by atoms with Crippen molar-refractivity contribution in [1.29, 1.82) is 0 Å². The molecule has 0 aliphatic carbocycles. The molecule has 0 bridgehead atoms. The molecule has 0 amide bonds. The van der Waals surface area contributed by atoms with E-state index in [9.17, 15) is 0 Å². The fraction of sp³-hybridized carbons (Fsp3) is 0.300. The first-order valence-corrected chi connectivity index (χ1v) is 4.28. The largest absolute Gasteiger partial charge is 0.497 e. The summed E-state index contributed by atoms with van der Waals surface area (Å²) in [5.74, 6) is 0.885. The second kappa shape index (κ2) is 3.58. The fourth-order valence-corrected chi connectivity index (χ4v) is 1.36. The van der Waals surface area contributed by atoms with Gasteiger partial charge in [0.15, 0.2) is 0 Å². The topological polar surface area (TPSA) is 33.6 Å². The van der Waals surface area contributed by atoms with E-state index in [4.69, 9.17) is 4.74 Å². The minimum atomic E-state index is 0.737. The molecule has 0 spiro atoms. The number of ether oxygens (including phenoxy) is 1. The quantitative estimate of drug-likeness (QED) is 0.730. The van der Waals surface area contributed by atoms with Crippen molar-refractivity contribution in [1.82, 2.24) is 5.32 Å². The van der Waals surface area contributed by atoms with Crippen LogP contribution in [0.1, 0.15) is 5.56 Å². The smallest absolute Gasteiger partial charge is 0.118 e. The van der Waals surface area contributed by atoms with Crippen LogP contribution in [0.3, 0.4) is 0 Å². The molecule has 0 unspecified atom stereocenters. The van der Waals surface area contributed by atoms with Gasteiger partial charge in [0.1, 0.15) is 5.75 Å². The van der Waals surface area contributed by atoms with Gasteiger partial charge in [-0.05, 0) is 29.8 Å². The van der Waals surface area contributed by atoms with Crippen LogP contribution in [0.15, 0.2) is 29.3 Å². The number of benzene rings is 1. The molecule has 0 saturated heterocycles. The molecule has 0 aromatic heterocycles. The zero-order valence-electron chi connectivity index (χ0n) is 7.58. The molecule has 68 valence electrons. The maximum Gasteiger partial charge on any atom is 0.118 e. The molecule has 1 aromatic carbocycles. The molecule has 13 heavy (non-hydrogen) atoms. The van der Waals surface area contributed by atoms with Gasteiger partial charge in [0, 0.05) is 6.54 Å². The lowest BCUT2D eigenvalue weighted by Crippen LogP contribution is -2.13. The van der Waals surface area contributed by atoms with Gasteiger partial charge in [-0.1, -0.05) is 0 Å². The minimum absolute atomic E-state index is 0.737. The van der Waals surface area contributed by atoms with Crippen LogP contribution in [0, 0.1) is 0 Å². The molecule has 3 nitrogen and oxygen atoms in total. The number of nitrogens with zero attached hydrogens (tertiary/aromatic N) is 1. The molecule has 2 rings (SSSR count). The molecule has 3 heteroatoms. The third-order valence-electron chi connectivity index (χ3n) is 2.10. The van der Waals surface area contributed by atoms with E-state index < -0.39 is 0 Å². The van der Waals surface area contributed by atoms with Crippen LogP contribution in [0.4, 0.5) is 0 Å². The Labute approximate surface area is 77.4 Å². The standard InChI is InChI=1S/C10H12N2O/c1-13-9-4-2-8(3-5-9)10-6-11-7-12-10/h2-5,11H,6-7H2,1H3. The summed E-state index contributed by atoms with van der Waals surface area (Å²) in [5.41, 5.74) is 2.30. The van der Waals surface area contributed by atoms with Crippen molar-refractivity contribution in [2.45, 2.75) is 0 Å². The van der Waals surface area contributed by atoms with Gasteiger partial charge in [-0.25, -0.2) is 0 Å². The summed E-state index contributed by atoms with van der Waals surface area (Å²) < 4.78 is 5.08. The van der Waals surface area contributed by atoms with Crippen molar-refractivity contribution in [3.63, 3.8) is 0 Å². The van der Waals surface area contributed by atoms with Gasteiger partial charge in [0.25, 0.3) is 0 Å². The van der Waals surface area contributed by atoms with Crippen molar-refractivity contribution >= 4 is 5.71 Å². The average molecular weight is 176 g/mol. The summed E-state index contributed by atoms with van der Waals surface area (Å²) in [7, 11) is 1.67. The van der Waals surface area contributed by atoms with E-state index in [-0.39, 0.29) is 0 Å². The van der Waals surface area contributed by atoms with Gasteiger partial charge in [-0.2, -0.15) is 0 Å². The third kappa shape index (κ3) is 1.70. The summed E-state index contributed by atoms with van der Waals surface area (Å²) in [6.45, 7) is 1.60. The van der Waals surface area contributed by atoms with Gasteiger partial charge in [0.05, 0.1) is 19.5 Å². The van der Waals surface area contributed by atoms with E-state index >= 15 is 0 Å². The lowest BCUT2D eigenvalue weighted by Gasteiger charge is -2.02. The van der Waals surface area contributed by atoms with Crippen LogP contribution in [0.25, 0.3) is 0 Å². The van der Waals surface area contributed by atoms with Crippen LogP contribution < -0.4 is 10.1 Å². The van der Waals surface area contributed by atoms with E-state index in [1.807, 2.05) is 24.3 Å². The van der Waals surface area contributed by atoms with Crippen LogP contribution in [0.5, 0.6) is 5.75 Å². The summed E-state index contributed by atoms with van der Waals surface area (Å²) in [6.07, 6.45) is 0. The average Bonchev–Trinajstić information content (AvgIpc) is 2.71. The Hall–Kier alpha value is -1.35. The summed E-state index contributed by atoms with van der Waals surface area (Å²) in [4.78, 5) is 4.33. The van der Waals surface area contributed by atoms with E-state index in [1.165, 1.54) is 5.56 Å². The van der Waals surface area contributed by atoms with Crippen LogP contribution in [0.2, 0.25) is 0 Å². The molecular weight excluding hydrogens is 164 g/mol. The number of nitrogens with one attached hydrogen (secondary N) is 1. The van der Waals surface area contributed by atoms with E-state index in [0.29, 0.717) is 0 Å². The van der Waals surface area contributed by atoms with Gasteiger partial charge in [-0.15, -0.1) is 0 Å². The fourth-order valence-electron chi connectivity index (χ4n) is 1.36. The van der Waals surface area contributed by atoms with Gasteiger partial charge >= 0.3 is 0 Å². The summed E-state index contributed by atoms with van der Waals surface area (Å²) in [5, 5.41) is 3.16. The molecule has 1 aliphatic rings. The molecule has 0 saturated carbocycles. The number of hydrogen-bond donors (Lipinski definition) is 1. The minimum Gasteiger partial charge on any atom is -0.497 e. The van der Waals surface area contributed by atoms with Crippen molar-refractivity contribution in [3.8, 4) is 5.75 Å². The Morgan fingerprint density at radius 2 is 2.08 bits per heavy atom. The monoisotopic (exact) mass is 176 g/mol. The molecule has 1 heterocycles. The van der Waals surface area contributed by atoms with E-state index in [2.05, 4.69) is 10.3 Å². The van der Waals surface area contributed by atoms with Crippen LogP contribution in [-0.4, -0.2) is 26.0 Å². The van der Waals surface area contributed by atoms with E-state index in [1.54, 1.807) is 7.11 Å².